The highest BCUT2D eigenvalue weighted by molar-refractivity contribution is 14.1. The minimum absolute atomic E-state index is 0.00186. The lowest BCUT2D eigenvalue weighted by Gasteiger charge is -2.27. The molecule has 0 aliphatic heterocycles. The molecule has 7 nitrogen and oxygen atoms in total. The number of fused-ring (bicyclic) bond motifs is 1. The summed E-state index contributed by atoms with van der Waals surface area (Å²) in [5.41, 5.74) is 1.39. The molecule has 30 heavy (non-hydrogen) atoms. The molecule has 0 spiro atoms. The van der Waals surface area contributed by atoms with Gasteiger partial charge in [-0.2, -0.15) is 4.98 Å². The van der Waals surface area contributed by atoms with Gasteiger partial charge in [-0.25, -0.2) is 4.98 Å². The van der Waals surface area contributed by atoms with E-state index in [1.54, 1.807) is 0 Å². The van der Waals surface area contributed by atoms with Crippen molar-refractivity contribution in [1.82, 2.24) is 14.5 Å². The van der Waals surface area contributed by atoms with Crippen molar-refractivity contribution in [3.8, 4) is 6.01 Å². The Bertz CT molecular complexity index is 894. The summed E-state index contributed by atoms with van der Waals surface area (Å²) in [5.74, 6) is -0.175. The van der Waals surface area contributed by atoms with Gasteiger partial charge in [0.15, 0.2) is 5.65 Å². The van der Waals surface area contributed by atoms with Crippen molar-refractivity contribution in [1.29, 1.82) is 0 Å². The Balaban J connectivity index is 1.75. The van der Waals surface area contributed by atoms with E-state index < -0.39 is 8.07 Å². The van der Waals surface area contributed by atoms with Crippen molar-refractivity contribution in [3.63, 3.8) is 0 Å². The number of hydrogen-bond donors (Lipinski definition) is 0. The quantitative estimate of drug-likeness (QED) is 0.146. The fourth-order valence-electron chi connectivity index (χ4n) is 3.46. The molecule has 1 fully saturated rings. The first-order valence-electron chi connectivity index (χ1n) is 10.2. The van der Waals surface area contributed by atoms with Crippen LogP contribution >= 0.6 is 34.2 Å². The van der Waals surface area contributed by atoms with Gasteiger partial charge in [-0.15, -0.1) is 0 Å². The summed E-state index contributed by atoms with van der Waals surface area (Å²) < 4.78 is 19.7. The topological polar surface area (TPSA) is 75.5 Å². The fourth-order valence-corrected chi connectivity index (χ4v) is 4.75. The van der Waals surface area contributed by atoms with Crippen LogP contribution in [0.3, 0.4) is 0 Å². The average Bonchev–Trinajstić information content (AvgIpc) is 3.00. The monoisotopic (exact) mass is 565 g/mol. The molecule has 0 atom stereocenters. The normalized spacial score (nSPS) is 19.8. The lowest BCUT2D eigenvalue weighted by molar-refractivity contribution is -0.147. The van der Waals surface area contributed by atoms with E-state index in [1.165, 1.54) is 7.11 Å². The Labute approximate surface area is 197 Å². The van der Waals surface area contributed by atoms with E-state index in [4.69, 9.17) is 25.8 Å². The highest BCUT2D eigenvalue weighted by Gasteiger charge is 2.29. The minimum atomic E-state index is -1.17. The third-order valence-electron chi connectivity index (χ3n) is 5.31. The Hall–Kier alpha value is -0.913. The Morgan fingerprint density at radius 1 is 1.27 bits per heavy atom. The van der Waals surface area contributed by atoms with Gasteiger partial charge in [0.1, 0.15) is 16.5 Å². The molecule has 10 heteroatoms. The summed E-state index contributed by atoms with van der Waals surface area (Å²) in [6, 6.07) is 3.44. The molecular formula is C20H29ClIN3O4Si. The van der Waals surface area contributed by atoms with Gasteiger partial charge in [0, 0.05) is 14.7 Å². The summed E-state index contributed by atoms with van der Waals surface area (Å²) >= 11 is 8.41. The summed E-state index contributed by atoms with van der Waals surface area (Å²) in [6.45, 7) is 8.02. The van der Waals surface area contributed by atoms with Crippen LogP contribution < -0.4 is 4.74 Å². The summed E-state index contributed by atoms with van der Waals surface area (Å²) in [7, 11) is 0.269. The Morgan fingerprint density at radius 2 is 1.97 bits per heavy atom. The van der Waals surface area contributed by atoms with E-state index in [0.717, 1.165) is 37.2 Å². The Kier molecular flexibility index (Phi) is 8.02. The zero-order valence-electron chi connectivity index (χ0n) is 17.9. The highest BCUT2D eigenvalue weighted by atomic mass is 127. The lowest BCUT2D eigenvalue weighted by atomic mass is 9.87. The minimum Gasteiger partial charge on any atom is -0.469 e. The molecule has 3 rings (SSSR count). The first kappa shape index (κ1) is 23.7. The number of carbonyl (C=O) groups excluding carboxylic acids is 1. The SMILES string of the molecule is COC(=O)[C@H]1CC[C@H](Oc2nc3nc(I)c(Cl)cc3n2COCC[Si](C)(C)C)CC1. The van der Waals surface area contributed by atoms with Gasteiger partial charge in [-0.05, 0) is 60.4 Å². The van der Waals surface area contributed by atoms with Gasteiger partial charge in [0.2, 0.25) is 0 Å². The first-order chi connectivity index (χ1) is 14.2. The van der Waals surface area contributed by atoms with Crippen molar-refractivity contribution in [2.45, 2.75) is 64.2 Å². The standard InChI is InChI=1S/C20H29ClIN3O4Si/c1-27-19(26)13-5-7-14(8-6-13)29-20-24-18-16(11-15(21)17(22)23-18)25(20)12-28-9-10-30(2,3)4/h11,13-14H,5-10,12H2,1-4H3/t13-,14-. The number of ether oxygens (including phenoxy) is 3. The molecule has 1 saturated carbocycles. The van der Waals surface area contributed by atoms with E-state index in [1.807, 2.05) is 10.6 Å². The maximum Gasteiger partial charge on any atom is 0.308 e. The van der Waals surface area contributed by atoms with Crippen molar-refractivity contribution < 1.29 is 19.0 Å². The van der Waals surface area contributed by atoms with Crippen LogP contribution in [-0.2, 0) is 21.0 Å². The summed E-state index contributed by atoms with van der Waals surface area (Å²) in [6.07, 6.45) is 3.08. The molecule has 0 radical (unpaired) electrons. The largest absolute Gasteiger partial charge is 0.469 e. The van der Waals surface area contributed by atoms with Crippen molar-refractivity contribution >= 4 is 59.4 Å². The van der Waals surface area contributed by atoms with E-state index in [2.05, 4.69) is 52.2 Å². The second-order valence-electron chi connectivity index (χ2n) is 8.89. The number of halogens is 2. The number of nitrogens with zero attached hydrogens (tertiary/aromatic N) is 3. The molecule has 0 unspecified atom stereocenters. The van der Waals surface area contributed by atoms with Gasteiger partial charge in [-0.3, -0.25) is 9.36 Å². The smallest absolute Gasteiger partial charge is 0.308 e. The number of hydrogen-bond acceptors (Lipinski definition) is 6. The predicted octanol–water partition coefficient (Wildman–Crippen LogP) is 5.11. The summed E-state index contributed by atoms with van der Waals surface area (Å²) in [5, 5.41) is 0.580. The maximum absolute atomic E-state index is 11.8. The van der Waals surface area contributed by atoms with Gasteiger partial charge in [0.25, 0.3) is 0 Å². The maximum atomic E-state index is 11.8. The Morgan fingerprint density at radius 3 is 2.60 bits per heavy atom. The average molecular weight is 566 g/mol. The zero-order chi connectivity index (χ0) is 21.9. The molecule has 0 N–H and O–H groups in total. The molecule has 1 aliphatic rings. The molecule has 0 saturated heterocycles. The fraction of sp³-hybridized carbons (Fsp3) is 0.650. The van der Waals surface area contributed by atoms with Crippen LogP contribution in [0.1, 0.15) is 25.7 Å². The third kappa shape index (κ3) is 6.07. The second-order valence-corrected chi connectivity index (χ2v) is 15.9. The van der Waals surface area contributed by atoms with Crippen molar-refractivity contribution in [2.24, 2.45) is 5.92 Å². The van der Waals surface area contributed by atoms with Crippen LogP contribution in [0.25, 0.3) is 11.2 Å². The third-order valence-corrected chi connectivity index (χ3v) is 8.45. The molecule has 0 aromatic carbocycles. The van der Waals surface area contributed by atoms with Crippen LogP contribution in [-0.4, -0.2) is 48.4 Å². The second kappa shape index (κ2) is 10.1. The van der Waals surface area contributed by atoms with Crippen molar-refractivity contribution in [2.75, 3.05) is 13.7 Å². The van der Waals surface area contributed by atoms with Crippen molar-refractivity contribution in [3.05, 3.63) is 14.8 Å². The molecule has 166 valence electrons. The molecule has 2 aromatic heterocycles. The van der Waals surface area contributed by atoms with E-state index in [0.29, 0.717) is 33.7 Å². The lowest BCUT2D eigenvalue weighted by Crippen LogP contribution is -2.29. The molecule has 0 amide bonds. The number of esters is 1. The molecular weight excluding hydrogens is 537 g/mol. The van der Waals surface area contributed by atoms with E-state index in [9.17, 15) is 4.79 Å². The number of imidazole rings is 1. The number of rotatable bonds is 8. The van der Waals surface area contributed by atoms with E-state index in [-0.39, 0.29) is 18.0 Å². The van der Waals surface area contributed by atoms with Crippen LogP contribution in [0.4, 0.5) is 0 Å². The van der Waals surface area contributed by atoms with Crippen LogP contribution in [0.2, 0.25) is 30.7 Å². The molecule has 2 aromatic rings. The molecule has 0 bridgehead atoms. The van der Waals surface area contributed by atoms with Crippen LogP contribution in [0.5, 0.6) is 6.01 Å². The number of carbonyl (C=O) groups is 1. The molecule has 2 heterocycles. The van der Waals surface area contributed by atoms with Crippen LogP contribution in [0.15, 0.2) is 6.07 Å². The van der Waals surface area contributed by atoms with E-state index >= 15 is 0 Å². The van der Waals surface area contributed by atoms with Crippen LogP contribution in [0, 0.1) is 9.62 Å². The summed E-state index contributed by atoms with van der Waals surface area (Å²) in [4.78, 5) is 20.9. The van der Waals surface area contributed by atoms with Gasteiger partial charge < -0.3 is 14.2 Å². The van der Waals surface area contributed by atoms with Gasteiger partial charge in [0.05, 0.1) is 23.6 Å². The van der Waals surface area contributed by atoms with Gasteiger partial charge in [-0.1, -0.05) is 31.2 Å². The van der Waals surface area contributed by atoms with Gasteiger partial charge >= 0.3 is 12.0 Å². The number of aromatic nitrogens is 3. The number of methoxy groups -OCH3 is 1. The zero-order valence-corrected chi connectivity index (χ0v) is 21.8. The highest BCUT2D eigenvalue weighted by Crippen LogP contribution is 2.31. The first-order valence-corrected chi connectivity index (χ1v) is 15.4. The molecule has 1 aliphatic carbocycles. The number of pyridine rings is 1. The predicted molar refractivity (Wildman–Crippen MR) is 128 cm³/mol.